The predicted octanol–water partition coefficient (Wildman–Crippen LogP) is -6.22. The Balaban J connectivity index is 0.00000162. The van der Waals surface area contributed by atoms with Gasteiger partial charge in [-0.25, -0.2) is 0 Å². The summed E-state index contributed by atoms with van der Waals surface area (Å²) >= 11 is 0. The van der Waals surface area contributed by atoms with Crippen LogP contribution in [0, 0.1) is 0 Å². The van der Waals surface area contributed by atoms with Crippen LogP contribution in [0.15, 0.2) is 21.9 Å². The maximum atomic E-state index is 11.4. The summed E-state index contributed by atoms with van der Waals surface area (Å²) in [7, 11) is 0. The average molecular weight is 266 g/mol. The quantitative estimate of drug-likeness (QED) is 0.455. The van der Waals surface area contributed by atoms with Gasteiger partial charge in [-0.15, -0.1) is 0 Å². The molecule has 1 aromatic heterocycles. The van der Waals surface area contributed by atoms with Crippen LogP contribution < -0.4 is 45.8 Å². The van der Waals surface area contributed by atoms with Gasteiger partial charge in [0, 0.05) is 0 Å². The van der Waals surface area contributed by atoms with E-state index in [4.69, 9.17) is 9.84 Å². The van der Waals surface area contributed by atoms with Gasteiger partial charge in [0.2, 0.25) is 0 Å². The number of aliphatic hydroxyl groups is 3. The molecule has 0 aromatic carbocycles. The molecule has 1 aliphatic heterocycles. The van der Waals surface area contributed by atoms with Crippen LogP contribution in [0.2, 0.25) is 0 Å². The fourth-order valence-corrected chi connectivity index (χ4v) is 1.70. The molecule has 9 heteroatoms. The van der Waals surface area contributed by atoms with E-state index in [-0.39, 0.29) is 29.6 Å². The minimum atomic E-state index is -1.37. The standard InChI is InChI=1S/C9H12N2O6.Na/c12-3-4-6(14)7(15)8(17-4)11-2-1-5(13)10-9(11)16;/h1-2,4,6-8,12,14-15H,3H2,(H,10,13,16);/q;+1/p-1/t4-,6-,7-,8-;/m1./s1. The molecule has 0 saturated carbocycles. The van der Waals surface area contributed by atoms with Crippen molar-refractivity contribution in [1.29, 1.82) is 0 Å². The molecule has 1 saturated heterocycles. The first-order valence-electron chi connectivity index (χ1n) is 4.93. The predicted molar refractivity (Wildman–Crippen MR) is 53.3 cm³/mol. The summed E-state index contributed by atoms with van der Waals surface area (Å²) in [6, 6.07) is 1.04. The van der Waals surface area contributed by atoms with Gasteiger partial charge in [-0.2, -0.15) is 0 Å². The molecular weight excluding hydrogens is 255 g/mol. The van der Waals surface area contributed by atoms with Crippen molar-refractivity contribution in [3.63, 3.8) is 0 Å². The normalized spacial score (nSPS) is 31.1. The van der Waals surface area contributed by atoms with Crippen molar-refractivity contribution in [2.75, 3.05) is 6.61 Å². The Morgan fingerprint density at radius 1 is 1.33 bits per heavy atom. The van der Waals surface area contributed by atoms with E-state index in [2.05, 4.69) is 4.98 Å². The monoisotopic (exact) mass is 266 g/mol. The van der Waals surface area contributed by atoms with Crippen molar-refractivity contribution >= 4 is 0 Å². The van der Waals surface area contributed by atoms with Crippen LogP contribution in [0.25, 0.3) is 0 Å². The smallest absolute Gasteiger partial charge is 0.394 e. The number of ether oxygens (including phenoxy) is 1. The van der Waals surface area contributed by atoms with Gasteiger partial charge in [0.1, 0.15) is 18.3 Å². The van der Waals surface area contributed by atoms with E-state index in [1.807, 2.05) is 0 Å². The second-order valence-electron chi connectivity index (χ2n) is 3.68. The molecule has 94 valence electrons. The van der Waals surface area contributed by atoms with E-state index in [0.29, 0.717) is 0 Å². The maximum Gasteiger partial charge on any atom is 1.00 e. The summed E-state index contributed by atoms with van der Waals surface area (Å²) in [4.78, 5) is 25.3. The molecule has 8 nitrogen and oxygen atoms in total. The minimum Gasteiger partial charge on any atom is -0.394 e. The summed E-state index contributed by atoms with van der Waals surface area (Å²) in [5.74, 6) is 0. The van der Waals surface area contributed by atoms with Crippen molar-refractivity contribution in [2.45, 2.75) is 24.5 Å². The molecule has 1 aliphatic rings. The van der Waals surface area contributed by atoms with Crippen LogP contribution in [-0.2, 0) is 4.74 Å². The van der Waals surface area contributed by atoms with E-state index < -0.39 is 42.4 Å². The maximum absolute atomic E-state index is 11.4. The molecule has 4 atom stereocenters. The van der Waals surface area contributed by atoms with Gasteiger partial charge in [-0.05, 0) is 6.07 Å². The zero-order valence-electron chi connectivity index (χ0n) is 9.63. The minimum absolute atomic E-state index is 0. The van der Waals surface area contributed by atoms with Crippen LogP contribution in [-0.4, -0.2) is 44.8 Å². The molecule has 1 aromatic rings. The second-order valence-corrected chi connectivity index (χ2v) is 3.68. The van der Waals surface area contributed by atoms with Gasteiger partial charge in [-0.1, -0.05) is 6.20 Å². The largest absolute Gasteiger partial charge is 1.00 e. The van der Waals surface area contributed by atoms with Gasteiger partial charge < -0.3 is 29.6 Å². The van der Waals surface area contributed by atoms with Crippen molar-refractivity contribution in [3.05, 3.63) is 33.1 Å². The van der Waals surface area contributed by atoms with E-state index in [9.17, 15) is 19.8 Å². The van der Waals surface area contributed by atoms with Gasteiger partial charge >= 0.3 is 29.6 Å². The molecule has 0 spiro atoms. The van der Waals surface area contributed by atoms with Crippen molar-refractivity contribution in [1.82, 2.24) is 9.55 Å². The molecule has 2 heterocycles. The summed E-state index contributed by atoms with van der Waals surface area (Å²) in [6.07, 6.45) is -3.69. The first-order valence-corrected chi connectivity index (χ1v) is 4.93. The first kappa shape index (κ1) is 15.6. The van der Waals surface area contributed by atoms with Gasteiger partial charge in [-0.3, -0.25) is 9.59 Å². The van der Waals surface area contributed by atoms with E-state index in [1.165, 1.54) is 0 Å². The molecular formula is C9H11N2NaO6. The summed E-state index contributed by atoms with van der Waals surface area (Å²) in [5.41, 5.74) is -1.58. The Morgan fingerprint density at radius 3 is 2.50 bits per heavy atom. The molecule has 0 radical (unpaired) electrons. The Hall–Kier alpha value is -0.480. The van der Waals surface area contributed by atoms with Crippen molar-refractivity contribution in [2.24, 2.45) is 0 Å². The van der Waals surface area contributed by atoms with E-state index in [0.717, 1.165) is 16.8 Å². The molecule has 18 heavy (non-hydrogen) atoms. The number of rotatable bonds is 2. The van der Waals surface area contributed by atoms with Gasteiger partial charge in [0.15, 0.2) is 11.2 Å². The number of aromatic nitrogens is 2. The fraction of sp³-hybridized carbons (Fsp3) is 0.556. The Morgan fingerprint density at radius 2 is 2.00 bits per heavy atom. The molecule has 0 aliphatic carbocycles. The molecule has 0 amide bonds. The van der Waals surface area contributed by atoms with Crippen molar-refractivity contribution in [3.8, 4) is 0 Å². The van der Waals surface area contributed by atoms with Gasteiger partial charge in [0.25, 0.3) is 0 Å². The fourth-order valence-electron chi connectivity index (χ4n) is 1.70. The molecule has 2 rings (SSSR count). The van der Waals surface area contributed by atoms with Crippen LogP contribution in [0.4, 0.5) is 0 Å². The summed E-state index contributed by atoms with van der Waals surface area (Å²) < 4.78 is 6.01. The zero-order chi connectivity index (χ0) is 12.6. The van der Waals surface area contributed by atoms with E-state index in [1.54, 1.807) is 0 Å². The Labute approximate surface area is 123 Å². The number of hydrogen-bond donors (Lipinski definition) is 3. The third-order valence-corrected chi connectivity index (χ3v) is 2.60. The zero-order valence-corrected chi connectivity index (χ0v) is 11.6. The van der Waals surface area contributed by atoms with E-state index >= 15 is 0 Å². The number of aliphatic hydroxyl groups excluding tert-OH is 3. The second kappa shape index (κ2) is 6.11. The SMILES string of the molecule is O=c1ccn([C@@H]2O[C@H](CO)[C@@H](O)[C@H]2O)c(=O)[n-]1.[Na+]. The number of nitrogens with zero attached hydrogens (tertiary/aromatic N) is 2. The molecule has 3 N–H and O–H groups in total. The Kier molecular flexibility index (Phi) is 5.29. The topological polar surface area (TPSA) is 123 Å². The average Bonchev–Trinajstić information content (AvgIpc) is 2.57. The van der Waals surface area contributed by atoms with Crippen LogP contribution in [0.1, 0.15) is 6.23 Å². The van der Waals surface area contributed by atoms with Crippen molar-refractivity contribution < 1.29 is 49.6 Å². The third-order valence-electron chi connectivity index (χ3n) is 2.60. The summed E-state index contributed by atoms with van der Waals surface area (Å²) in [5, 5.41) is 28.0. The number of hydrogen-bond acceptors (Lipinski definition) is 6. The third kappa shape index (κ3) is 2.75. The molecule has 1 fully saturated rings. The molecule has 0 unspecified atom stereocenters. The summed E-state index contributed by atoms with van der Waals surface area (Å²) in [6.45, 7) is -0.490. The van der Waals surface area contributed by atoms with Gasteiger partial charge in [0.05, 0.1) is 12.8 Å². The first-order chi connectivity index (χ1) is 8.04. The van der Waals surface area contributed by atoms with Crippen LogP contribution in [0.3, 0.4) is 0 Å². The van der Waals surface area contributed by atoms with Crippen LogP contribution >= 0.6 is 0 Å². The van der Waals surface area contributed by atoms with Crippen LogP contribution in [0.5, 0.6) is 0 Å². The molecule has 0 bridgehead atoms. The Bertz CT molecular complexity index is 514.